The Kier molecular flexibility index (Phi) is 3.14. The van der Waals surface area contributed by atoms with E-state index in [4.69, 9.17) is 5.11 Å². The van der Waals surface area contributed by atoms with Crippen LogP contribution in [0.4, 0.5) is 0 Å². The quantitative estimate of drug-likeness (QED) is 0.873. The smallest absolute Gasteiger partial charge is 0.335 e. The van der Waals surface area contributed by atoms with Crippen molar-refractivity contribution in [1.29, 1.82) is 0 Å². The number of carboxylic acids is 1. The Morgan fingerprint density at radius 2 is 2.12 bits per heavy atom. The molecule has 86 valence electrons. The molecule has 0 aliphatic carbocycles. The van der Waals surface area contributed by atoms with Gasteiger partial charge in [-0.3, -0.25) is 0 Å². The van der Waals surface area contributed by atoms with Crippen molar-refractivity contribution >= 4 is 5.97 Å². The lowest BCUT2D eigenvalue weighted by Crippen LogP contribution is -1.99. The van der Waals surface area contributed by atoms with Crippen molar-refractivity contribution in [1.82, 2.24) is 9.97 Å². The average Bonchev–Trinajstić information content (AvgIpc) is 2.29. The first-order valence-electron chi connectivity index (χ1n) is 5.25. The first-order chi connectivity index (χ1) is 8.15. The molecule has 4 nitrogen and oxygen atoms in total. The van der Waals surface area contributed by atoms with Crippen LogP contribution in [0.25, 0.3) is 0 Å². The van der Waals surface area contributed by atoms with Crippen molar-refractivity contribution in [2.24, 2.45) is 0 Å². The molecule has 1 aromatic carbocycles. The number of aryl methyl sites for hydroxylation is 1. The monoisotopic (exact) mass is 228 g/mol. The normalized spacial score (nSPS) is 10.2. The molecule has 0 saturated carbocycles. The van der Waals surface area contributed by atoms with Gasteiger partial charge in [0, 0.05) is 17.8 Å². The third-order valence-electron chi connectivity index (χ3n) is 2.42. The van der Waals surface area contributed by atoms with Crippen molar-refractivity contribution in [3.05, 3.63) is 59.2 Å². The van der Waals surface area contributed by atoms with Crippen molar-refractivity contribution in [2.75, 3.05) is 0 Å². The molecule has 0 saturated heterocycles. The van der Waals surface area contributed by atoms with Gasteiger partial charge in [0.2, 0.25) is 0 Å². The topological polar surface area (TPSA) is 63.1 Å². The summed E-state index contributed by atoms with van der Waals surface area (Å²) in [5.41, 5.74) is 3.03. The van der Waals surface area contributed by atoms with Gasteiger partial charge in [-0.15, -0.1) is 0 Å². The number of carboxylic acid groups (broad SMARTS) is 1. The minimum Gasteiger partial charge on any atom is -0.478 e. The number of hydrogen-bond donors (Lipinski definition) is 1. The summed E-state index contributed by atoms with van der Waals surface area (Å²) >= 11 is 0. The van der Waals surface area contributed by atoms with Crippen LogP contribution in [0.5, 0.6) is 0 Å². The fourth-order valence-electron chi connectivity index (χ4n) is 1.63. The molecular weight excluding hydrogens is 216 g/mol. The second-order valence-electron chi connectivity index (χ2n) is 3.83. The Morgan fingerprint density at radius 1 is 1.29 bits per heavy atom. The number of aromatic nitrogens is 2. The highest BCUT2D eigenvalue weighted by Crippen LogP contribution is 2.10. The summed E-state index contributed by atoms with van der Waals surface area (Å²) in [5, 5.41) is 8.89. The van der Waals surface area contributed by atoms with Crippen LogP contribution in [-0.2, 0) is 6.42 Å². The van der Waals surface area contributed by atoms with Gasteiger partial charge < -0.3 is 5.11 Å². The molecular formula is C13H12N2O2. The Morgan fingerprint density at radius 3 is 2.82 bits per heavy atom. The number of carbonyl (C=O) groups is 1. The fraction of sp³-hybridized carbons (Fsp3) is 0.154. The summed E-state index contributed by atoms with van der Waals surface area (Å²) < 4.78 is 0. The molecule has 0 amide bonds. The van der Waals surface area contributed by atoms with E-state index < -0.39 is 5.97 Å². The summed E-state index contributed by atoms with van der Waals surface area (Å²) in [6, 6.07) is 8.78. The Bertz CT molecular complexity index is 553. The molecule has 4 heteroatoms. The first-order valence-corrected chi connectivity index (χ1v) is 5.25. The van der Waals surface area contributed by atoms with Crippen LogP contribution < -0.4 is 0 Å². The van der Waals surface area contributed by atoms with Gasteiger partial charge in [0.25, 0.3) is 0 Å². The Hall–Kier alpha value is -2.23. The predicted molar refractivity (Wildman–Crippen MR) is 63.0 cm³/mol. The zero-order chi connectivity index (χ0) is 12.3. The SMILES string of the molecule is Cc1cc(Cc2cccc(C(=O)O)c2)ncn1. The van der Waals surface area contributed by atoms with Crippen LogP contribution in [0.15, 0.2) is 36.7 Å². The standard InChI is InChI=1S/C13H12N2O2/c1-9-5-12(15-8-14-9)7-10-3-2-4-11(6-10)13(16)17/h2-6,8H,7H2,1H3,(H,16,17). The third-order valence-corrected chi connectivity index (χ3v) is 2.42. The maximum Gasteiger partial charge on any atom is 0.335 e. The summed E-state index contributed by atoms with van der Waals surface area (Å²) in [4.78, 5) is 19.0. The van der Waals surface area contributed by atoms with Crippen LogP contribution in [0.3, 0.4) is 0 Å². The highest BCUT2D eigenvalue weighted by Gasteiger charge is 2.04. The summed E-state index contributed by atoms with van der Waals surface area (Å²) in [5.74, 6) is -0.911. The predicted octanol–water partition coefficient (Wildman–Crippen LogP) is 2.07. The van der Waals surface area contributed by atoms with E-state index in [1.54, 1.807) is 18.2 Å². The number of benzene rings is 1. The Labute approximate surface area is 99.0 Å². The first kappa shape index (κ1) is 11.3. The van der Waals surface area contributed by atoms with Crippen molar-refractivity contribution < 1.29 is 9.90 Å². The molecule has 1 heterocycles. The van der Waals surface area contributed by atoms with Crippen molar-refractivity contribution in [2.45, 2.75) is 13.3 Å². The molecule has 0 bridgehead atoms. The molecule has 0 atom stereocenters. The van der Waals surface area contributed by atoms with Gasteiger partial charge in [-0.05, 0) is 30.7 Å². The van der Waals surface area contributed by atoms with E-state index in [2.05, 4.69) is 9.97 Å². The molecule has 0 unspecified atom stereocenters. The summed E-state index contributed by atoms with van der Waals surface area (Å²) in [6.45, 7) is 1.90. The van der Waals surface area contributed by atoms with Crippen LogP contribution >= 0.6 is 0 Å². The molecule has 0 spiro atoms. The molecule has 0 fully saturated rings. The van der Waals surface area contributed by atoms with Crippen LogP contribution in [-0.4, -0.2) is 21.0 Å². The molecule has 0 aliphatic rings. The minimum atomic E-state index is -0.911. The van der Waals surface area contributed by atoms with Gasteiger partial charge in [0.1, 0.15) is 6.33 Å². The van der Waals surface area contributed by atoms with E-state index in [9.17, 15) is 4.79 Å². The second kappa shape index (κ2) is 4.74. The van der Waals surface area contributed by atoms with Gasteiger partial charge in [-0.25, -0.2) is 14.8 Å². The Balaban J connectivity index is 2.24. The maximum absolute atomic E-state index is 10.8. The summed E-state index contributed by atoms with van der Waals surface area (Å²) in [7, 11) is 0. The zero-order valence-electron chi connectivity index (χ0n) is 9.42. The van der Waals surface area contributed by atoms with Gasteiger partial charge in [-0.2, -0.15) is 0 Å². The second-order valence-corrected chi connectivity index (χ2v) is 3.83. The number of hydrogen-bond acceptors (Lipinski definition) is 3. The maximum atomic E-state index is 10.8. The molecule has 2 aromatic rings. The number of nitrogens with zero attached hydrogens (tertiary/aromatic N) is 2. The average molecular weight is 228 g/mol. The molecule has 2 rings (SSSR count). The number of aromatic carboxylic acids is 1. The lowest BCUT2D eigenvalue weighted by molar-refractivity contribution is 0.0697. The third kappa shape index (κ3) is 2.87. The minimum absolute atomic E-state index is 0.299. The van der Waals surface area contributed by atoms with Crippen LogP contribution in [0.2, 0.25) is 0 Å². The van der Waals surface area contributed by atoms with E-state index in [1.165, 1.54) is 6.33 Å². The molecule has 17 heavy (non-hydrogen) atoms. The number of rotatable bonds is 3. The highest BCUT2D eigenvalue weighted by atomic mass is 16.4. The fourth-order valence-corrected chi connectivity index (χ4v) is 1.63. The summed E-state index contributed by atoms with van der Waals surface area (Å²) in [6.07, 6.45) is 2.14. The molecule has 0 aliphatic heterocycles. The van der Waals surface area contributed by atoms with Gasteiger partial charge in [0.05, 0.1) is 5.56 Å². The van der Waals surface area contributed by atoms with E-state index in [1.807, 2.05) is 19.1 Å². The van der Waals surface area contributed by atoms with E-state index >= 15 is 0 Å². The zero-order valence-corrected chi connectivity index (χ0v) is 9.42. The highest BCUT2D eigenvalue weighted by molar-refractivity contribution is 5.87. The lowest BCUT2D eigenvalue weighted by Gasteiger charge is -2.03. The van der Waals surface area contributed by atoms with Gasteiger partial charge >= 0.3 is 5.97 Å². The van der Waals surface area contributed by atoms with Gasteiger partial charge in [0.15, 0.2) is 0 Å². The largest absolute Gasteiger partial charge is 0.478 e. The van der Waals surface area contributed by atoms with Crippen molar-refractivity contribution in [3.63, 3.8) is 0 Å². The van der Waals surface area contributed by atoms with E-state index in [-0.39, 0.29) is 0 Å². The van der Waals surface area contributed by atoms with E-state index in [0.717, 1.165) is 17.0 Å². The molecule has 1 aromatic heterocycles. The van der Waals surface area contributed by atoms with Crippen LogP contribution in [0, 0.1) is 6.92 Å². The van der Waals surface area contributed by atoms with Crippen LogP contribution in [0.1, 0.15) is 27.3 Å². The lowest BCUT2D eigenvalue weighted by atomic mass is 10.1. The van der Waals surface area contributed by atoms with E-state index in [0.29, 0.717) is 12.0 Å². The molecule has 1 N–H and O–H groups in total. The van der Waals surface area contributed by atoms with Gasteiger partial charge in [-0.1, -0.05) is 12.1 Å². The van der Waals surface area contributed by atoms with Crippen molar-refractivity contribution in [3.8, 4) is 0 Å². The molecule has 0 radical (unpaired) electrons.